The minimum atomic E-state index is -0.472. The molecule has 3 amide bonds. The first-order chi connectivity index (χ1) is 19.1. The van der Waals surface area contributed by atoms with Gasteiger partial charge in [-0.3, -0.25) is 19.4 Å². The highest BCUT2D eigenvalue weighted by Crippen LogP contribution is 2.30. The van der Waals surface area contributed by atoms with E-state index in [1.807, 2.05) is 19.1 Å². The number of ether oxygens (including phenoxy) is 1. The van der Waals surface area contributed by atoms with Gasteiger partial charge < -0.3 is 24.5 Å². The Morgan fingerprint density at radius 1 is 1.07 bits per heavy atom. The first-order valence-electron chi connectivity index (χ1n) is 13.2. The molecular weight excluding hydrogens is 510 g/mol. The summed E-state index contributed by atoms with van der Waals surface area (Å²) in [6.07, 6.45) is 4.29. The van der Waals surface area contributed by atoms with Crippen LogP contribution in [-0.2, 0) is 0 Å². The topological polar surface area (TPSA) is 116 Å². The highest BCUT2D eigenvalue weighted by Gasteiger charge is 2.35. The molecule has 40 heavy (non-hydrogen) atoms. The summed E-state index contributed by atoms with van der Waals surface area (Å²) in [7, 11) is 5.09. The van der Waals surface area contributed by atoms with Crippen LogP contribution in [0.4, 0.5) is 0 Å². The number of likely N-dealkylation sites (N-methyl/N-ethyl adjacent to an activating group) is 1. The number of aliphatic hydroxyl groups excluding tert-OH is 1. The van der Waals surface area contributed by atoms with Crippen molar-refractivity contribution >= 4 is 17.7 Å². The van der Waals surface area contributed by atoms with Crippen LogP contribution in [0.15, 0.2) is 61.1 Å². The lowest BCUT2D eigenvalue weighted by molar-refractivity contribution is 0.0313. The number of amides is 3. The summed E-state index contributed by atoms with van der Waals surface area (Å²) < 4.78 is 6.33. The number of carbonyl (C=O) groups is 3. The maximum absolute atomic E-state index is 13.7. The van der Waals surface area contributed by atoms with Crippen molar-refractivity contribution in [1.29, 1.82) is 0 Å². The third-order valence-electron chi connectivity index (χ3n) is 7.10. The maximum Gasteiger partial charge on any atom is 0.259 e. The molecule has 0 radical (unpaired) electrons. The smallest absolute Gasteiger partial charge is 0.259 e. The molecule has 0 saturated heterocycles. The number of benzene rings is 1. The Morgan fingerprint density at radius 2 is 1.80 bits per heavy atom. The van der Waals surface area contributed by atoms with Crippen molar-refractivity contribution in [3.63, 3.8) is 0 Å². The quantitative estimate of drug-likeness (QED) is 0.485. The molecule has 2 aromatic heterocycles. The molecule has 1 aliphatic heterocycles. The summed E-state index contributed by atoms with van der Waals surface area (Å²) >= 11 is 0. The predicted molar refractivity (Wildman–Crippen MR) is 150 cm³/mol. The van der Waals surface area contributed by atoms with Crippen molar-refractivity contribution in [2.24, 2.45) is 5.92 Å². The molecule has 0 fully saturated rings. The number of nitrogens with zero attached hydrogens (tertiary/aromatic N) is 5. The van der Waals surface area contributed by atoms with Gasteiger partial charge in [0.05, 0.1) is 24.8 Å². The summed E-state index contributed by atoms with van der Waals surface area (Å²) in [4.78, 5) is 52.3. The van der Waals surface area contributed by atoms with Gasteiger partial charge in [0.1, 0.15) is 11.7 Å². The van der Waals surface area contributed by atoms with Gasteiger partial charge in [0.15, 0.2) is 0 Å². The van der Waals surface area contributed by atoms with Gasteiger partial charge in [-0.2, -0.15) is 0 Å². The minimum absolute atomic E-state index is 0.104. The van der Waals surface area contributed by atoms with E-state index in [4.69, 9.17) is 4.74 Å². The van der Waals surface area contributed by atoms with Gasteiger partial charge >= 0.3 is 0 Å². The number of aromatic nitrogens is 2. The standard InChI is InChI=1S/C30H35N5O5/c1-19-16-35(20(2)18-36)30(39)25-13-24(21-8-10-22(11-9-21)28(37)33(3)4)15-32-27(25)40-26(19)17-34(5)29(38)23-7-6-12-31-14-23/h6-15,19-20,26,36H,16-18H2,1-5H3/t19-,20-,26-/m1/s1. The first-order valence-corrected chi connectivity index (χ1v) is 13.2. The van der Waals surface area contributed by atoms with Gasteiger partial charge in [-0.1, -0.05) is 19.1 Å². The van der Waals surface area contributed by atoms with E-state index in [0.29, 0.717) is 23.2 Å². The van der Waals surface area contributed by atoms with E-state index in [1.54, 1.807) is 80.6 Å². The monoisotopic (exact) mass is 545 g/mol. The van der Waals surface area contributed by atoms with E-state index in [9.17, 15) is 19.5 Å². The molecule has 10 heteroatoms. The average Bonchev–Trinajstić information content (AvgIpc) is 2.97. The molecule has 3 aromatic rings. The van der Waals surface area contributed by atoms with E-state index in [2.05, 4.69) is 9.97 Å². The lowest BCUT2D eigenvalue weighted by atomic mass is 9.98. The van der Waals surface area contributed by atoms with Gasteiger partial charge in [0.2, 0.25) is 5.88 Å². The van der Waals surface area contributed by atoms with Crippen molar-refractivity contribution in [2.45, 2.75) is 26.0 Å². The summed E-state index contributed by atoms with van der Waals surface area (Å²) in [5.74, 6) is -0.592. The Hall–Kier alpha value is -4.31. The molecule has 4 rings (SSSR count). The third-order valence-corrected chi connectivity index (χ3v) is 7.10. The second kappa shape index (κ2) is 12.3. The number of rotatable bonds is 7. The Kier molecular flexibility index (Phi) is 8.79. The third kappa shape index (κ3) is 6.12. The van der Waals surface area contributed by atoms with Crippen LogP contribution in [0, 0.1) is 5.92 Å². The van der Waals surface area contributed by atoms with E-state index >= 15 is 0 Å². The highest BCUT2D eigenvalue weighted by atomic mass is 16.5. The number of pyridine rings is 2. The zero-order valence-corrected chi connectivity index (χ0v) is 23.4. The lowest BCUT2D eigenvalue weighted by Crippen LogP contribution is -2.50. The fourth-order valence-electron chi connectivity index (χ4n) is 4.60. The summed E-state index contributed by atoms with van der Waals surface area (Å²) in [6, 6.07) is 11.8. The van der Waals surface area contributed by atoms with Gasteiger partial charge in [0, 0.05) is 63.3 Å². The SMILES string of the molecule is C[C@@H]1CN([C@H](C)CO)C(=O)c2cc(-c3ccc(C(=O)N(C)C)cc3)cnc2O[C@@H]1CN(C)C(=O)c1cccnc1. The molecule has 0 saturated carbocycles. The van der Waals surface area contributed by atoms with Crippen LogP contribution in [0.3, 0.4) is 0 Å². The van der Waals surface area contributed by atoms with Crippen molar-refractivity contribution in [1.82, 2.24) is 24.7 Å². The molecule has 210 valence electrons. The molecule has 0 aliphatic carbocycles. The molecule has 3 heterocycles. The van der Waals surface area contributed by atoms with Gasteiger partial charge in [-0.05, 0) is 42.8 Å². The van der Waals surface area contributed by atoms with Crippen LogP contribution >= 0.6 is 0 Å². The number of hydrogen-bond donors (Lipinski definition) is 1. The first kappa shape index (κ1) is 28.7. The van der Waals surface area contributed by atoms with E-state index in [0.717, 1.165) is 5.56 Å². The molecule has 10 nitrogen and oxygen atoms in total. The largest absolute Gasteiger partial charge is 0.472 e. The Bertz CT molecular complexity index is 1360. The number of hydrogen-bond acceptors (Lipinski definition) is 7. The van der Waals surface area contributed by atoms with Crippen LogP contribution < -0.4 is 4.74 Å². The number of aliphatic hydroxyl groups is 1. The Labute approximate surface area is 234 Å². The maximum atomic E-state index is 13.7. The van der Waals surface area contributed by atoms with Crippen molar-refractivity contribution in [3.05, 3.63) is 77.7 Å². The fraction of sp³-hybridized carbons (Fsp3) is 0.367. The van der Waals surface area contributed by atoms with E-state index < -0.39 is 12.1 Å². The molecule has 1 aromatic carbocycles. The Morgan fingerprint density at radius 3 is 2.42 bits per heavy atom. The molecule has 0 bridgehead atoms. The molecule has 1 N–H and O–H groups in total. The lowest BCUT2D eigenvalue weighted by Gasteiger charge is -2.37. The molecule has 0 spiro atoms. The van der Waals surface area contributed by atoms with Crippen LogP contribution in [0.2, 0.25) is 0 Å². The van der Waals surface area contributed by atoms with E-state index in [1.165, 1.54) is 11.1 Å². The Balaban J connectivity index is 1.67. The van der Waals surface area contributed by atoms with Crippen LogP contribution in [0.25, 0.3) is 11.1 Å². The van der Waals surface area contributed by atoms with Crippen molar-refractivity contribution < 1.29 is 24.2 Å². The second-order valence-corrected chi connectivity index (χ2v) is 10.4. The molecule has 0 unspecified atom stereocenters. The van der Waals surface area contributed by atoms with Gasteiger partial charge in [-0.25, -0.2) is 4.98 Å². The average molecular weight is 546 g/mol. The fourth-order valence-corrected chi connectivity index (χ4v) is 4.60. The van der Waals surface area contributed by atoms with Crippen molar-refractivity contribution in [2.75, 3.05) is 40.8 Å². The van der Waals surface area contributed by atoms with Crippen molar-refractivity contribution in [3.8, 4) is 17.0 Å². The van der Waals surface area contributed by atoms with Gasteiger partial charge in [0.25, 0.3) is 17.7 Å². The molecular formula is C30H35N5O5. The molecule has 1 aliphatic rings. The summed E-state index contributed by atoms with van der Waals surface area (Å²) in [5.41, 5.74) is 2.76. The minimum Gasteiger partial charge on any atom is -0.472 e. The number of carbonyl (C=O) groups excluding carboxylic acids is 3. The molecule has 3 atom stereocenters. The van der Waals surface area contributed by atoms with E-state index in [-0.39, 0.29) is 48.2 Å². The van der Waals surface area contributed by atoms with Crippen LogP contribution in [0.5, 0.6) is 5.88 Å². The summed E-state index contributed by atoms with van der Waals surface area (Å²) in [5, 5.41) is 9.92. The van der Waals surface area contributed by atoms with Crippen LogP contribution in [-0.4, -0.2) is 100 Å². The zero-order chi connectivity index (χ0) is 29.0. The summed E-state index contributed by atoms with van der Waals surface area (Å²) in [6.45, 7) is 4.12. The zero-order valence-electron chi connectivity index (χ0n) is 23.4. The van der Waals surface area contributed by atoms with Crippen LogP contribution in [0.1, 0.15) is 44.9 Å². The number of fused-ring (bicyclic) bond motifs is 1. The highest BCUT2D eigenvalue weighted by molar-refractivity contribution is 5.98. The normalized spacial score (nSPS) is 17.6. The second-order valence-electron chi connectivity index (χ2n) is 10.4. The predicted octanol–water partition coefficient (Wildman–Crippen LogP) is 2.84. The van der Waals surface area contributed by atoms with Gasteiger partial charge in [-0.15, -0.1) is 0 Å².